The van der Waals surface area contributed by atoms with Gasteiger partial charge in [0.15, 0.2) is 0 Å². The van der Waals surface area contributed by atoms with Gasteiger partial charge >= 0.3 is 0 Å². The summed E-state index contributed by atoms with van der Waals surface area (Å²) in [5.41, 5.74) is 4.24. The van der Waals surface area contributed by atoms with E-state index in [-0.39, 0.29) is 0 Å². The number of hydrogen-bond acceptors (Lipinski definition) is 2. The number of fused-ring (bicyclic) bond motifs is 1. The van der Waals surface area contributed by atoms with Crippen LogP contribution in [0.1, 0.15) is 79.1 Å². The highest BCUT2D eigenvalue weighted by atomic mass is 16.3. The van der Waals surface area contributed by atoms with Crippen molar-refractivity contribution in [2.75, 3.05) is 0 Å². The second-order valence-electron chi connectivity index (χ2n) is 9.95. The second kappa shape index (κ2) is 7.28. The molecular formula is C24H38O2. The lowest BCUT2D eigenvalue weighted by molar-refractivity contribution is 0.0435. The lowest BCUT2D eigenvalue weighted by Crippen LogP contribution is -2.39. The van der Waals surface area contributed by atoms with E-state index in [1.165, 1.54) is 38.5 Å². The van der Waals surface area contributed by atoms with Crippen LogP contribution in [0.4, 0.5) is 0 Å². The molecule has 2 heteroatoms. The van der Waals surface area contributed by atoms with Gasteiger partial charge in [0, 0.05) is 6.42 Å². The third-order valence-corrected chi connectivity index (χ3v) is 8.08. The molecule has 0 spiro atoms. The predicted molar refractivity (Wildman–Crippen MR) is 109 cm³/mol. The van der Waals surface area contributed by atoms with Gasteiger partial charge in [-0.2, -0.15) is 0 Å². The van der Waals surface area contributed by atoms with Crippen LogP contribution in [-0.2, 0) is 0 Å². The largest absolute Gasteiger partial charge is 0.393 e. The zero-order valence-corrected chi connectivity index (χ0v) is 17.2. The fraction of sp³-hybridized carbons (Fsp3) is 0.750. The molecule has 0 unspecified atom stereocenters. The molecule has 26 heavy (non-hydrogen) atoms. The highest BCUT2D eigenvalue weighted by Gasteiger charge is 2.53. The lowest BCUT2D eigenvalue weighted by atomic mass is 9.57. The molecule has 0 aromatic heterocycles. The molecule has 3 saturated carbocycles. The van der Waals surface area contributed by atoms with Crippen molar-refractivity contribution in [3.05, 3.63) is 35.5 Å². The van der Waals surface area contributed by atoms with Gasteiger partial charge < -0.3 is 10.2 Å². The maximum Gasteiger partial charge on any atom is 0.0811 e. The van der Waals surface area contributed by atoms with Gasteiger partial charge in [0.1, 0.15) is 0 Å². The number of hydrogen-bond donors (Lipinski definition) is 2. The third kappa shape index (κ3) is 3.47. The second-order valence-corrected chi connectivity index (χ2v) is 9.95. The van der Waals surface area contributed by atoms with Crippen molar-refractivity contribution in [2.24, 2.45) is 22.7 Å². The molecule has 0 aliphatic heterocycles. The van der Waals surface area contributed by atoms with Crippen molar-refractivity contribution >= 4 is 0 Å². The van der Waals surface area contributed by atoms with Gasteiger partial charge in [0.05, 0.1) is 12.2 Å². The topological polar surface area (TPSA) is 40.5 Å². The summed E-state index contributed by atoms with van der Waals surface area (Å²) >= 11 is 0. The molecule has 2 nitrogen and oxygen atoms in total. The minimum absolute atomic E-state index is 0.413. The van der Waals surface area contributed by atoms with Crippen LogP contribution >= 0.6 is 0 Å². The molecule has 0 saturated heterocycles. The Hall–Kier alpha value is -0.860. The number of aliphatic hydroxyl groups is 2. The molecule has 3 rings (SSSR count). The SMILES string of the molecule is C=C1/C(=C\C=C2/CCC[C@]3(C)[C@@H](C(C)(C)CC)CC[C@@H]23)C[C@@H](O)C[C@@H]1O. The van der Waals surface area contributed by atoms with E-state index in [2.05, 4.69) is 46.4 Å². The molecule has 0 aromatic carbocycles. The fourth-order valence-corrected chi connectivity index (χ4v) is 6.23. The summed E-state index contributed by atoms with van der Waals surface area (Å²) in [7, 11) is 0. The van der Waals surface area contributed by atoms with Crippen LogP contribution in [0.25, 0.3) is 0 Å². The van der Waals surface area contributed by atoms with Crippen LogP contribution < -0.4 is 0 Å². The average Bonchev–Trinajstić information content (AvgIpc) is 2.95. The first-order valence-electron chi connectivity index (χ1n) is 10.6. The van der Waals surface area contributed by atoms with Gasteiger partial charge in [-0.15, -0.1) is 0 Å². The summed E-state index contributed by atoms with van der Waals surface area (Å²) in [6, 6.07) is 0. The van der Waals surface area contributed by atoms with Gasteiger partial charge in [0.25, 0.3) is 0 Å². The Kier molecular flexibility index (Phi) is 5.57. The van der Waals surface area contributed by atoms with Crippen molar-refractivity contribution in [1.82, 2.24) is 0 Å². The van der Waals surface area contributed by atoms with E-state index in [0.717, 1.165) is 17.1 Å². The summed E-state index contributed by atoms with van der Waals surface area (Å²) < 4.78 is 0. The first-order valence-corrected chi connectivity index (χ1v) is 10.6. The summed E-state index contributed by atoms with van der Waals surface area (Å²) in [5.74, 6) is 1.49. The Labute approximate surface area is 160 Å². The highest BCUT2D eigenvalue weighted by molar-refractivity contribution is 5.38. The monoisotopic (exact) mass is 358 g/mol. The smallest absolute Gasteiger partial charge is 0.0811 e. The number of allylic oxidation sites excluding steroid dienone is 3. The maximum absolute atomic E-state index is 10.1. The van der Waals surface area contributed by atoms with Crippen molar-refractivity contribution in [2.45, 2.75) is 91.3 Å². The molecule has 3 aliphatic carbocycles. The average molecular weight is 359 g/mol. The van der Waals surface area contributed by atoms with Crippen molar-refractivity contribution < 1.29 is 10.2 Å². The van der Waals surface area contributed by atoms with Crippen molar-refractivity contribution in [1.29, 1.82) is 0 Å². The van der Waals surface area contributed by atoms with Gasteiger partial charge in [-0.05, 0) is 72.3 Å². The molecule has 5 atom stereocenters. The van der Waals surface area contributed by atoms with Crippen LogP contribution in [-0.4, -0.2) is 22.4 Å². The Balaban J connectivity index is 1.85. The molecule has 2 N–H and O–H groups in total. The zero-order chi connectivity index (χ0) is 19.1. The van der Waals surface area contributed by atoms with Crippen LogP contribution in [0.5, 0.6) is 0 Å². The van der Waals surface area contributed by atoms with Crippen LogP contribution in [0.15, 0.2) is 35.5 Å². The van der Waals surface area contributed by atoms with Crippen molar-refractivity contribution in [3.63, 3.8) is 0 Å². The molecule has 0 amide bonds. The van der Waals surface area contributed by atoms with E-state index in [1.807, 2.05) is 0 Å². The first-order chi connectivity index (χ1) is 12.2. The van der Waals surface area contributed by atoms with Crippen LogP contribution in [0.3, 0.4) is 0 Å². The first kappa shape index (κ1) is 19.9. The van der Waals surface area contributed by atoms with Crippen LogP contribution in [0.2, 0.25) is 0 Å². The van der Waals surface area contributed by atoms with Gasteiger partial charge in [-0.1, -0.05) is 58.4 Å². The minimum Gasteiger partial charge on any atom is -0.393 e. The zero-order valence-electron chi connectivity index (χ0n) is 17.2. The van der Waals surface area contributed by atoms with Crippen molar-refractivity contribution in [3.8, 4) is 0 Å². The van der Waals surface area contributed by atoms with E-state index in [4.69, 9.17) is 0 Å². The molecule has 0 aromatic rings. The van der Waals surface area contributed by atoms with Gasteiger partial charge in [-0.3, -0.25) is 0 Å². The molecule has 3 fully saturated rings. The fourth-order valence-electron chi connectivity index (χ4n) is 6.23. The van der Waals surface area contributed by atoms with Gasteiger partial charge in [0.2, 0.25) is 0 Å². The molecular weight excluding hydrogens is 320 g/mol. The normalized spacial score (nSPS) is 41.7. The summed E-state index contributed by atoms with van der Waals surface area (Å²) in [4.78, 5) is 0. The maximum atomic E-state index is 10.1. The van der Waals surface area contributed by atoms with E-state index < -0.39 is 12.2 Å². The predicted octanol–water partition coefficient (Wildman–Crippen LogP) is 5.56. The Morgan fingerprint density at radius 3 is 2.65 bits per heavy atom. The molecule has 0 bridgehead atoms. The molecule has 0 radical (unpaired) electrons. The molecule has 0 heterocycles. The number of rotatable bonds is 3. The van der Waals surface area contributed by atoms with E-state index in [0.29, 0.717) is 29.6 Å². The summed E-state index contributed by atoms with van der Waals surface area (Å²) in [6.07, 6.45) is 12.2. The Morgan fingerprint density at radius 1 is 1.23 bits per heavy atom. The molecule has 146 valence electrons. The van der Waals surface area contributed by atoms with E-state index >= 15 is 0 Å². The summed E-state index contributed by atoms with van der Waals surface area (Å²) in [6.45, 7) is 13.8. The minimum atomic E-state index is -0.596. The van der Waals surface area contributed by atoms with E-state index in [1.54, 1.807) is 5.57 Å². The lowest BCUT2D eigenvalue weighted by Gasteiger charge is -2.48. The standard InChI is InChI=1S/C24H38O2/c1-6-23(3,4)22-12-11-20-17(8-7-13-24(20,22)5)9-10-18-14-19(25)15-21(26)16(18)2/h9-10,19-22,25-26H,2,6-8,11-15H2,1,3-5H3/b17-9+,18-10-/t19-,20+,21+,22-,24+/m1/s1. The summed E-state index contributed by atoms with van der Waals surface area (Å²) in [5, 5.41) is 20.1. The Morgan fingerprint density at radius 2 is 1.96 bits per heavy atom. The van der Waals surface area contributed by atoms with Gasteiger partial charge in [-0.25, -0.2) is 0 Å². The quantitative estimate of drug-likeness (QED) is 0.693. The van der Waals surface area contributed by atoms with Crippen LogP contribution in [0, 0.1) is 22.7 Å². The van der Waals surface area contributed by atoms with E-state index in [9.17, 15) is 10.2 Å². The highest BCUT2D eigenvalue weighted by Crippen LogP contribution is 2.62. The number of aliphatic hydroxyl groups excluding tert-OH is 2. The Bertz CT molecular complexity index is 612. The third-order valence-electron chi connectivity index (χ3n) is 8.08. The molecule has 3 aliphatic rings.